The molecule has 0 saturated heterocycles. The number of nitriles is 1. The van der Waals surface area contributed by atoms with Gasteiger partial charge in [0.2, 0.25) is 0 Å². The fraction of sp³-hybridized carbons (Fsp3) is 0.214. The Balaban J connectivity index is 2.05. The molecule has 16 heavy (non-hydrogen) atoms. The SMILES string of the molecule is N#CCCCSc1ccc2ccccc2c1. The molecule has 1 nitrogen and oxygen atoms in total. The largest absolute Gasteiger partial charge is 0.198 e. The Kier molecular flexibility index (Phi) is 3.85. The second-order valence-corrected chi connectivity index (χ2v) is 4.79. The minimum absolute atomic E-state index is 0.653. The lowest BCUT2D eigenvalue weighted by Gasteiger charge is -2.02. The minimum Gasteiger partial charge on any atom is -0.198 e. The molecule has 0 spiro atoms. The van der Waals surface area contributed by atoms with Gasteiger partial charge in [-0.15, -0.1) is 11.8 Å². The van der Waals surface area contributed by atoms with Crippen LogP contribution in [0.15, 0.2) is 47.4 Å². The van der Waals surface area contributed by atoms with E-state index in [0.29, 0.717) is 6.42 Å². The van der Waals surface area contributed by atoms with E-state index < -0.39 is 0 Å². The zero-order valence-corrected chi connectivity index (χ0v) is 9.83. The second kappa shape index (κ2) is 5.58. The highest BCUT2D eigenvalue weighted by Gasteiger charge is 1.96. The molecule has 0 bridgehead atoms. The van der Waals surface area contributed by atoms with Gasteiger partial charge in [0.15, 0.2) is 0 Å². The third kappa shape index (κ3) is 2.77. The van der Waals surface area contributed by atoms with Crippen LogP contribution < -0.4 is 0 Å². The fourth-order valence-electron chi connectivity index (χ4n) is 1.60. The van der Waals surface area contributed by atoms with Crippen molar-refractivity contribution in [3.63, 3.8) is 0 Å². The highest BCUT2D eigenvalue weighted by atomic mass is 32.2. The number of rotatable bonds is 4. The first-order valence-electron chi connectivity index (χ1n) is 5.39. The Hall–Kier alpha value is -1.46. The predicted molar refractivity (Wildman–Crippen MR) is 69.5 cm³/mol. The standard InChI is InChI=1S/C14H13NS/c15-9-3-4-10-16-14-8-7-12-5-1-2-6-13(12)11-14/h1-2,5-8,11H,3-4,10H2. The van der Waals surface area contributed by atoms with E-state index in [1.165, 1.54) is 15.7 Å². The van der Waals surface area contributed by atoms with Crippen LogP contribution in [0.1, 0.15) is 12.8 Å². The van der Waals surface area contributed by atoms with Crippen molar-refractivity contribution in [1.29, 1.82) is 5.26 Å². The van der Waals surface area contributed by atoms with Crippen molar-refractivity contribution in [2.24, 2.45) is 0 Å². The molecule has 0 amide bonds. The first-order valence-corrected chi connectivity index (χ1v) is 6.37. The van der Waals surface area contributed by atoms with E-state index >= 15 is 0 Å². The van der Waals surface area contributed by atoms with Crippen LogP contribution in [0.3, 0.4) is 0 Å². The first-order chi connectivity index (χ1) is 7.90. The number of hydrogen-bond acceptors (Lipinski definition) is 2. The number of hydrogen-bond donors (Lipinski definition) is 0. The lowest BCUT2D eigenvalue weighted by molar-refractivity contribution is 0.981. The molecule has 0 aliphatic heterocycles. The molecule has 0 atom stereocenters. The molecule has 0 unspecified atom stereocenters. The van der Waals surface area contributed by atoms with Crippen molar-refractivity contribution in [2.45, 2.75) is 17.7 Å². The van der Waals surface area contributed by atoms with E-state index in [9.17, 15) is 0 Å². The molecule has 2 aromatic carbocycles. The number of thioether (sulfide) groups is 1. The summed E-state index contributed by atoms with van der Waals surface area (Å²) in [6, 6.07) is 17.1. The molecule has 0 radical (unpaired) electrons. The van der Waals surface area contributed by atoms with Gasteiger partial charge in [0, 0.05) is 11.3 Å². The van der Waals surface area contributed by atoms with Crippen molar-refractivity contribution >= 4 is 22.5 Å². The van der Waals surface area contributed by atoms with E-state index in [1.807, 2.05) is 11.8 Å². The summed E-state index contributed by atoms with van der Waals surface area (Å²) in [7, 11) is 0. The van der Waals surface area contributed by atoms with E-state index in [1.54, 1.807) is 0 Å². The Bertz CT molecular complexity index is 513. The van der Waals surface area contributed by atoms with Crippen LogP contribution in [0.5, 0.6) is 0 Å². The summed E-state index contributed by atoms with van der Waals surface area (Å²) in [4.78, 5) is 1.29. The molecule has 0 heterocycles. The van der Waals surface area contributed by atoms with Crippen LogP contribution in [-0.2, 0) is 0 Å². The molecule has 2 heteroatoms. The van der Waals surface area contributed by atoms with Crippen LogP contribution in [-0.4, -0.2) is 5.75 Å². The molecule has 0 N–H and O–H groups in total. The van der Waals surface area contributed by atoms with Crippen LogP contribution in [0.25, 0.3) is 10.8 Å². The van der Waals surface area contributed by atoms with Crippen molar-refractivity contribution in [3.05, 3.63) is 42.5 Å². The van der Waals surface area contributed by atoms with Gasteiger partial charge in [0.05, 0.1) is 6.07 Å². The molecule has 0 aliphatic rings. The van der Waals surface area contributed by atoms with Crippen molar-refractivity contribution in [2.75, 3.05) is 5.75 Å². The monoisotopic (exact) mass is 227 g/mol. The summed E-state index contributed by atoms with van der Waals surface area (Å²) >= 11 is 1.82. The van der Waals surface area contributed by atoms with Crippen LogP contribution in [0.4, 0.5) is 0 Å². The number of benzene rings is 2. The van der Waals surface area contributed by atoms with E-state index in [0.717, 1.165) is 12.2 Å². The molecule has 2 aromatic rings. The molecular weight excluding hydrogens is 214 g/mol. The molecule has 0 fully saturated rings. The number of nitrogens with zero attached hydrogens (tertiary/aromatic N) is 1. The van der Waals surface area contributed by atoms with Gasteiger partial charge in [0.25, 0.3) is 0 Å². The van der Waals surface area contributed by atoms with Gasteiger partial charge in [0.1, 0.15) is 0 Å². The summed E-state index contributed by atoms with van der Waals surface area (Å²) in [6.45, 7) is 0. The molecule has 0 aromatic heterocycles. The molecular formula is C14H13NS. The van der Waals surface area contributed by atoms with Gasteiger partial charge in [-0.2, -0.15) is 5.26 Å². The fourth-order valence-corrected chi connectivity index (χ4v) is 2.50. The quantitative estimate of drug-likeness (QED) is 0.576. The molecule has 2 rings (SSSR count). The third-order valence-corrected chi connectivity index (χ3v) is 3.50. The summed E-state index contributed by atoms with van der Waals surface area (Å²) in [5, 5.41) is 11.0. The van der Waals surface area contributed by atoms with Gasteiger partial charge in [-0.3, -0.25) is 0 Å². The summed E-state index contributed by atoms with van der Waals surface area (Å²) in [5.74, 6) is 1.02. The normalized spacial score (nSPS) is 10.2. The van der Waals surface area contributed by atoms with Gasteiger partial charge < -0.3 is 0 Å². The van der Waals surface area contributed by atoms with Crippen molar-refractivity contribution < 1.29 is 0 Å². The van der Waals surface area contributed by atoms with Gasteiger partial charge in [-0.25, -0.2) is 0 Å². The Morgan fingerprint density at radius 2 is 1.88 bits per heavy atom. The van der Waals surface area contributed by atoms with Gasteiger partial charge >= 0.3 is 0 Å². The van der Waals surface area contributed by atoms with Crippen LogP contribution >= 0.6 is 11.8 Å². The molecule has 80 valence electrons. The zero-order chi connectivity index (χ0) is 11.2. The Morgan fingerprint density at radius 3 is 2.69 bits per heavy atom. The molecule has 0 aliphatic carbocycles. The topological polar surface area (TPSA) is 23.8 Å². The zero-order valence-electron chi connectivity index (χ0n) is 9.02. The maximum absolute atomic E-state index is 8.45. The number of unbranched alkanes of at least 4 members (excludes halogenated alkanes) is 1. The Labute approximate surface area is 100 Å². The highest BCUT2D eigenvalue weighted by molar-refractivity contribution is 7.99. The third-order valence-electron chi connectivity index (χ3n) is 2.42. The van der Waals surface area contributed by atoms with Gasteiger partial charge in [-0.1, -0.05) is 30.3 Å². The van der Waals surface area contributed by atoms with Crippen LogP contribution in [0.2, 0.25) is 0 Å². The smallest absolute Gasteiger partial charge is 0.0622 e. The summed E-state index contributed by atoms with van der Waals surface area (Å²) in [5.41, 5.74) is 0. The highest BCUT2D eigenvalue weighted by Crippen LogP contribution is 2.24. The second-order valence-electron chi connectivity index (χ2n) is 3.62. The minimum atomic E-state index is 0.653. The van der Waals surface area contributed by atoms with Crippen LogP contribution in [0, 0.1) is 11.3 Å². The van der Waals surface area contributed by atoms with Gasteiger partial charge in [-0.05, 0) is 35.1 Å². The van der Waals surface area contributed by atoms with Crippen molar-refractivity contribution in [1.82, 2.24) is 0 Å². The summed E-state index contributed by atoms with van der Waals surface area (Å²) in [6.07, 6.45) is 1.62. The maximum atomic E-state index is 8.45. The van der Waals surface area contributed by atoms with E-state index in [4.69, 9.17) is 5.26 Å². The van der Waals surface area contributed by atoms with E-state index in [2.05, 4.69) is 48.5 Å². The molecule has 0 saturated carbocycles. The number of fused-ring (bicyclic) bond motifs is 1. The average molecular weight is 227 g/mol. The average Bonchev–Trinajstić information content (AvgIpc) is 2.34. The summed E-state index contributed by atoms with van der Waals surface area (Å²) < 4.78 is 0. The predicted octanol–water partition coefficient (Wildman–Crippen LogP) is 4.24. The maximum Gasteiger partial charge on any atom is 0.0622 e. The lowest BCUT2D eigenvalue weighted by Crippen LogP contribution is -1.79. The van der Waals surface area contributed by atoms with E-state index in [-0.39, 0.29) is 0 Å². The van der Waals surface area contributed by atoms with Crippen molar-refractivity contribution in [3.8, 4) is 6.07 Å². The Morgan fingerprint density at radius 1 is 1.06 bits per heavy atom. The lowest BCUT2D eigenvalue weighted by atomic mass is 10.1. The first kappa shape index (κ1) is 11.0.